The zero-order valence-electron chi connectivity index (χ0n) is 15.7. The first-order valence-corrected chi connectivity index (χ1v) is 9.63. The van der Waals surface area contributed by atoms with Gasteiger partial charge in [0.25, 0.3) is 0 Å². The second kappa shape index (κ2) is 7.29. The SMILES string of the molecule is CC1(CO)C(O)CCC2(C)C(CC(=O)Nc3ccccc3)C(O)CCC12. The standard InChI is InChI=1S/C21H31NO4/c1-20-11-10-18(25)21(2,13-23)17(20)9-8-16(24)15(20)12-19(26)22-14-6-4-3-5-7-14/h3-7,15-18,23-25H,8-13H2,1-2H3,(H,22,26). The molecule has 2 aliphatic rings. The molecule has 0 radical (unpaired) electrons. The third-order valence-corrected chi connectivity index (χ3v) is 7.18. The number of benzene rings is 1. The zero-order chi connectivity index (χ0) is 18.9. The number of aliphatic hydroxyl groups is 3. The number of hydrogen-bond donors (Lipinski definition) is 4. The van der Waals surface area contributed by atoms with E-state index in [4.69, 9.17) is 0 Å². The smallest absolute Gasteiger partial charge is 0.224 e. The number of carbonyl (C=O) groups is 1. The molecule has 4 N–H and O–H groups in total. The summed E-state index contributed by atoms with van der Waals surface area (Å²) in [6, 6.07) is 9.34. The Labute approximate surface area is 155 Å². The Bertz CT molecular complexity index is 636. The van der Waals surface area contributed by atoms with Crippen molar-refractivity contribution >= 4 is 11.6 Å². The molecule has 0 spiro atoms. The lowest BCUT2D eigenvalue weighted by Gasteiger charge is -2.60. The number of amides is 1. The van der Waals surface area contributed by atoms with Crippen molar-refractivity contribution in [2.24, 2.45) is 22.7 Å². The molecule has 2 saturated carbocycles. The minimum atomic E-state index is -0.582. The van der Waals surface area contributed by atoms with Gasteiger partial charge in [-0.15, -0.1) is 0 Å². The minimum Gasteiger partial charge on any atom is -0.396 e. The summed E-state index contributed by atoms with van der Waals surface area (Å²) in [5.41, 5.74) is -0.104. The Morgan fingerprint density at radius 3 is 2.50 bits per heavy atom. The van der Waals surface area contributed by atoms with Crippen molar-refractivity contribution in [1.82, 2.24) is 0 Å². The van der Waals surface area contributed by atoms with Crippen molar-refractivity contribution in [3.05, 3.63) is 30.3 Å². The van der Waals surface area contributed by atoms with Crippen LogP contribution >= 0.6 is 0 Å². The van der Waals surface area contributed by atoms with Gasteiger partial charge < -0.3 is 20.6 Å². The van der Waals surface area contributed by atoms with Gasteiger partial charge in [0.05, 0.1) is 18.8 Å². The summed E-state index contributed by atoms with van der Waals surface area (Å²) in [5, 5.41) is 34.1. The van der Waals surface area contributed by atoms with Crippen LogP contribution < -0.4 is 5.32 Å². The van der Waals surface area contributed by atoms with Gasteiger partial charge in [0.1, 0.15) is 0 Å². The Kier molecular flexibility index (Phi) is 5.42. The zero-order valence-corrected chi connectivity index (χ0v) is 15.7. The van der Waals surface area contributed by atoms with Crippen LogP contribution in [0.1, 0.15) is 46.0 Å². The molecule has 0 aliphatic heterocycles. The molecule has 0 heterocycles. The monoisotopic (exact) mass is 361 g/mol. The Hall–Kier alpha value is -1.43. The van der Waals surface area contributed by atoms with E-state index in [9.17, 15) is 20.1 Å². The van der Waals surface area contributed by atoms with E-state index in [0.29, 0.717) is 12.8 Å². The van der Waals surface area contributed by atoms with Crippen LogP contribution in [-0.2, 0) is 4.79 Å². The molecule has 5 heteroatoms. The van der Waals surface area contributed by atoms with Crippen LogP contribution in [0.15, 0.2) is 30.3 Å². The van der Waals surface area contributed by atoms with Gasteiger partial charge in [-0.2, -0.15) is 0 Å². The van der Waals surface area contributed by atoms with Gasteiger partial charge in [-0.25, -0.2) is 0 Å². The molecule has 2 aliphatic carbocycles. The molecule has 1 aromatic rings. The van der Waals surface area contributed by atoms with Gasteiger partial charge in [0, 0.05) is 17.5 Å². The van der Waals surface area contributed by atoms with E-state index in [1.165, 1.54) is 0 Å². The highest BCUT2D eigenvalue weighted by Gasteiger charge is 2.58. The van der Waals surface area contributed by atoms with Crippen LogP contribution in [0.4, 0.5) is 5.69 Å². The highest BCUT2D eigenvalue weighted by molar-refractivity contribution is 5.90. The van der Waals surface area contributed by atoms with Crippen LogP contribution in [0.5, 0.6) is 0 Å². The van der Waals surface area contributed by atoms with Crippen LogP contribution in [0.3, 0.4) is 0 Å². The molecule has 3 rings (SSSR count). The largest absolute Gasteiger partial charge is 0.396 e. The Morgan fingerprint density at radius 2 is 1.85 bits per heavy atom. The quantitative estimate of drug-likeness (QED) is 0.663. The number of carbonyl (C=O) groups excluding carboxylic acids is 1. The molecule has 6 unspecified atom stereocenters. The first-order valence-electron chi connectivity index (χ1n) is 9.63. The maximum absolute atomic E-state index is 12.6. The van der Waals surface area contributed by atoms with Crippen LogP contribution in [-0.4, -0.2) is 40.0 Å². The van der Waals surface area contributed by atoms with Crippen molar-refractivity contribution < 1.29 is 20.1 Å². The van der Waals surface area contributed by atoms with Crippen molar-refractivity contribution in [3.8, 4) is 0 Å². The van der Waals surface area contributed by atoms with E-state index in [0.717, 1.165) is 18.5 Å². The Morgan fingerprint density at radius 1 is 1.15 bits per heavy atom. The average Bonchev–Trinajstić information content (AvgIpc) is 2.62. The molecule has 26 heavy (non-hydrogen) atoms. The summed E-state index contributed by atoms with van der Waals surface area (Å²) >= 11 is 0. The average molecular weight is 361 g/mol. The van der Waals surface area contributed by atoms with E-state index in [-0.39, 0.29) is 36.2 Å². The molecule has 144 valence electrons. The normalized spacial score (nSPS) is 39.9. The van der Waals surface area contributed by atoms with E-state index in [2.05, 4.69) is 12.2 Å². The second-order valence-electron chi connectivity index (χ2n) is 8.65. The molecular formula is C21H31NO4. The predicted molar refractivity (Wildman–Crippen MR) is 100 cm³/mol. The fourth-order valence-electron chi connectivity index (χ4n) is 5.54. The van der Waals surface area contributed by atoms with Crippen LogP contribution in [0.2, 0.25) is 0 Å². The van der Waals surface area contributed by atoms with Crippen molar-refractivity contribution in [2.75, 3.05) is 11.9 Å². The summed E-state index contributed by atoms with van der Waals surface area (Å²) in [6.45, 7) is 3.99. The molecule has 0 saturated heterocycles. The van der Waals surface area contributed by atoms with Crippen LogP contribution in [0.25, 0.3) is 0 Å². The summed E-state index contributed by atoms with van der Waals surface area (Å²) in [4.78, 5) is 12.6. The first kappa shape index (κ1) is 19.3. The summed E-state index contributed by atoms with van der Waals surface area (Å²) in [7, 11) is 0. The lowest BCUT2D eigenvalue weighted by molar-refractivity contribution is -0.185. The Balaban J connectivity index is 1.80. The summed E-state index contributed by atoms with van der Waals surface area (Å²) in [5.74, 6) is -0.191. The summed E-state index contributed by atoms with van der Waals surface area (Å²) in [6.07, 6.45) is 1.90. The minimum absolute atomic E-state index is 0.0759. The molecular weight excluding hydrogens is 330 g/mol. The van der Waals surface area contributed by atoms with Crippen molar-refractivity contribution in [1.29, 1.82) is 0 Å². The fraction of sp³-hybridized carbons (Fsp3) is 0.667. The highest BCUT2D eigenvalue weighted by atomic mass is 16.3. The van der Waals surface area contributed by atoms with Gasteiger partial charge in [0.2, 0.25) is 5.91 Å². The maximum atomic E-state index is 12.6. The number of aliphatic hydroxyl groups excluding tert-OH is 3. The first-order chi connectivity index (χ1) is 12.3. The second-order valence-corrected chi connectivity index (χ2v) is 8.65. The fourth-order valence-corrected chi connectivity index (χ4v) is 5.54. The van der Waals surface area contributed by atoms with E-state index in [1.54, 1.807) is 0 Å². The van der Waals surface area contributed by atoms with Gasteiger partial charge in [-0.05, 0) is 55.1 Å². The third kappa shape index (κ3) is 3.28. The lowest BCUT2D eigenvalue weighted by Crippen LogP contribution is -2.60. The molecule has 2 fully saturated rings. The van der Waals surface area contributed by atoms with E-state index < -0.39 is 17.6 Å². The number of nitrogens with one attached hydrogen (secondary N) is 1. The molecule has 5 nitrogen and oxygen atoms in total. The van der Waals surface area contributed by atoms with E-state index >= 15 is 0 Å². The highest BCUT2D eigenvalue weighted by Crippen LogP contribution is 2.60. The summed E-state index contributed by atoms with van der Waals surface area (Å²) < 4.78 is 0. The van der Waals surface area contributed by atoms with E-state index in [1.807, 2.05) is 37.3 Å². The predicted octanol–water partition coefficient (Wildman–Crippen LogP) is 2.56. The topological polar surface area (TPSA) is 89.8 Å². The number of hydrogen-bond acceptors (Lipinski definition) is 4. The lowest BCUT2D eigenvalue weighted by atomic mass is 9.46. The number of fused-ring (bicyclic) bond motifs is 1. The molecule has 1 amide bonds. The number of anilines is 1. The maximum Gasteiger partial charge on any atom is 0.224 e. The molecule has 6 atom stereocenters. The van der Waals surface area contributed by atoms with Gasteiger partial charge >= 0.3 is 0 Å². The van der Waals surface area contributed by atoms with Gasteiger partial charge in [-0.1, -0.05) is 32.0 Å². The number of para-hydroxylation sites is 1. The van der Waals surface area contributed by atoms with Crippen molar-refractivity contribution in [3.63, 3.8) is 0 Å². The van der Waals surface area contributed by atoms with Gasteiger partial charge in [-0.3, -0.25) is 4.79 Å². The molecule has 0 aromatic heterocycles. The van der Waals surface area contributed by atoms with Crippen molar-refractivity contribution in [2.45, 2.75) is 58.2 Å². The number of rotatable bonds is 4. The molecule has 1 aromatic carbocycles. The third-order valence-electron chi connectivity index (χ3n) is 7.18. The molecule has 0 bridgehead atoms. The van der Waals surface area contributed by atoms with Crippen LogP contribution in [0, 0.1) is 22.7 Å². The van der Waals surface area contributed by atoms with Gasteiger partial charge in [0.15, 0.2) is 0 Å².